The molecule has 2 rings (SSSR count). The van der Waals surface area contributed by atoms with Crippen molar-refractivity contribution in [1.82, 2.24) is 9.55 Å². The van der Waals surface area contributed by atoms with Crippen molar-refractivity contribution < 1.29 is 0 Å². The molecule has 0 unspecified atom stereocenters. The molecule has 13 heavy (non-hydrogen) atoms. The van der Waals surface area contributed by atoms with Crippen LogP contribution in [0.15, 0.2) is 6.20 Å². The first-order valence-electron chi connectivity index (χ1n) is 4.15. The molecule has 0 atom stereocenters. The zero-order valence-corrected chi connectivity index (χ0v) is 9.03. The number of rotatable bonds is 1. The van der Waals surface area contributed by atoms with Gasteiger partial charge in [-0.3, -0.25) is 0 Å². The minimum Gasteiger partial charge on any atom is -0.331 e. The molecule has 0 fully saturated rings. The first kappa shape index (κ1) is 12.8. The van der Waals surface area contributed by atoms with Gasteiger partial charge in [0, 0.05) is 25.7 Å². The van der Waals surface area contributed by atoms with Crippen LogP contribution in [0.1, 0.15) is 24.4 Å². The number of fused-ring (bicyclic) bond motifs is 1. The molecule has 1 aromatic heterocycles. The molecule has 0 amide bonds. The van der Waals surface area contributed by atoms with Gasteiger partial charge < -0.3 is 10.3 Å². The number of aromatic nitrogens is 2. The second-order valence-electron chi connectivity index (χ2n) is 2.98. The minimum atomic E-state index is 0. The number of aryl methyl sites for hydroxylation is 1. The van der Waals surface area contributed by atoms with E-state index in [4.69, 9.17) is 5.73 Å². The van der Waals surface area contributed by atoms with Crippen LogP contribution in [0.3, 0.4) is 0 Å². The van der Waals surface area contributed by atoms with E-state index in [-0.39, 0.29) is 24.8 Å². The van der Waals surface area contributed by atoms with Crippen molar-refractivity contribution in [3.05, 3.63) is 17.7 Å². The van der Waals surface area contributed by atoms with E-state index in [0.717, 1.165) is 13.0 Å². The third kappa shape index (κ3) is 2.36. The first-order chi connectivity index (χ1) is 5.42. The van der Waals surface area contributed by atoms with E-state index < -0.39 is 0 Å². The lowest BCUT2D eigenvalue weighted by atomic mass is 10.2. The van der Waals surface area contributed by atoms with E-state index in [2.05, 4.69) is 9.55 Å². The molecule has 0 aliphatic carbocycles. The normalized spacial score (nSPS) is 13.9. The lowest BCUT2D eigenvalue weighted by Gasteiger charge is -2.15. The monoisotopic (exact) mass is 223 g/mol. The molecule has 0 spiro atoms. The van der Waals surface area contributed by atoms with Gasteiger partial charge in [0.15, 0.2) is 0 Å². The summed E-state index contributed by atoms with van der Waals surface area (Å²) in [4.78, 5) is 4.31. The van der Waals surface area contributed by atoms with Gasteiger partial charge in [0.05, 0.1) is 5.69 Å². The summed E-state index contributed by atoms with van der Waals surface area (Å²) in [5, 5.41) is 0. The quantitative estimate of drug-likeness (QED) is 0.785. The molecule has 0 aromatic carbocycles. The summed E-state index contributed by atoms with van der Waals surface area (Å²) < 4.78 is 2.25. The van der Waals surface area contributed by atoms with Gasteiger partial charge in [-0.15, -0.1) is 24.8 Å². The van der Waals surface area contributed by atoms with Gasteiger partial charge in [-0.1, -0.05) is 0 Å². The second kappa shape index (κ2) is 5.47. The molecule has 3 nitrogen and oxygen atoms in total. The Labute approximate surface area is 90.5 Å². The van der Waals surface area contributed by atoms with Gasteiger partial charge in [-0.05, 0) is 12.8 Å². The van der Waals surface area contributed by atoms with E-state index in [1.165, 1.54) is 24.4 Å². The Morgan fingerprint density at radius 2 is 2.15 bits per heavy atom. The fourth-order valence-corrected chi connectivity index (χ4v) is 1.64. The van der Waals surface area contributed by atoms with Crippen molar-refractivity contribution >= 4 is 24.8 Å². The van der Waals surface area contributed by atoms with Crippen LogP contribution < -0.4 is 5.73 Å². The van der Waals surface area contributed by atoms with Crippen molar-refractivity contribution in [1.29, 1.82) is 0 Å². The topological polar surface area (TPSA) is 43.8 Å². The van der Waals surface area contributed by atoms with Crippen LogP contribution in [0.25, 0.3) is 0 Å². The van der Waals surface area contributed by atoms with Crippen LogP contribution in [-0.4, -0.2) is 9.55 Å². The average molecular weight is 224 g/mol. The van der Waals surface area contributed by atoms with Crippen molar-refractivity contribution in [3.8, 4) is 0 Å². The largest absolute Gasteiger partial charge is 0.331 e. The van der Waals surface area contributed by atoms with Gasteiger partial charge >= 0.3 is 0 Å². The smallest absolute Gasteiger partial charge is 0.108 e. The Morgan fingerprint density at radius 3 is 2.85 bits per heavy atom. The van der Waals surface area contributed by atoms with Gasteiger partial charge in [-0.25, -0.2) is 4.98 Å². The first-order valence-corrected chi connectivity index (χ1v) is 4.15. The van der Waals surface area contributed by atoms with Gasteiger partial charge in [0.2, 0.25) is 0 Å². The number of halogens is 2. The molecule has 0 saturated carbocycles. The highest BCUT2D eigenvalue weighted by Gasteiger charge is 2.11. The average Bonchev–Trinajstić information content (AvgIpc) is 2.47. The molecular formula is C8H15Cl2N3. The molecule has 1 aliphatic rings. The number of nitrogens with two attached hydrogens (primary N) is 1. The molecule has 76 valence electrons. The fourth-order valence-electron chi connectivity index (χ4n) is 1.64. The van der Waals surface area contributed by atoms with Crippen molar-refractivity contribution in [3.63, 3.8) is 0 Å². The van der Waals surface area contributed by atoms with Gasteiger partial charge in [-0.2, -0.15) is 0 Å². The molecule has 1 aliphatic heterocycles. The predicted molar refractivity (Wildman–Crippen MR) is 57.6 cm³/mol. The Balaban J connectivity index is 0.000000720. The summed E-state index contributed by atoms with van der Waals surface area (Å²) in [5.41, 5.74) is 6.74. The summed E-state index contributed by atoms with van der Waals surface area (Å²) in [5.74, 6) is 1.22. The van der Waals surface area contributed by atoms with E-state index in [1.807, 2.05) is 6.20 Å². The van der Waals surface area contributed by atoms with Crippen LogP contribution in [0.2, 0.25) is 0 Å². The highest BCUT2D eigenvalue weighted by atomic mass is 35.5. The lowest BCUT2D eigenvalue weighted by molar-refractivity contribution is 0.508. The van der Waals surface area contributed by atoms with Gasteiger partial charge in [0.1, 0.15) is 5.82 Å². The lowest BCUT2D eigenvalue weighted by Crippen LogP contribution is -2.14. The van der Waals surface area contributed by atoms with Crippen molar-refractivity contribution in [2.45, 2.75) is 32.4 Å². The summed E-state index contributed by atoms with van der Waals surface area (Å²) in [6.45, 7) is 1.73. The summed E-state index contributed by atoms with van der Waals surface area (Å²) in [6.07, 6.45) is 5.58. The second-order valence-corrected chi connectivity index (χ2v) is 2.98. The highest BCUT2D eigenvalue weighted by molar-refractivity contribution is 5.85. The maximum absolute atomic E-state index is 5.56. The van der Waals surface area contributed by atoms with E-state index in [9.17, 15) is 0 Å². The Bertz CT molecular complexity index is 246. The van der Waals surface area contributed by atoms with E-state index in [1.54, 1.807) is 0 Å². The van der Waals surface area contributed by atoms with Crippen LogP contribution in [0.5, 0.6) is 0 Å². The maximum atomic E-state index is 5.56. The minimum absolute atomic E-state index is 0. The maximum Gasteiger partial charge on any atom is 0.108 e. The molecular weight excluding hydrogens is 209 g/mol. The number of hydrogen-bond donors (Lipinski definition) is 1. The molecule has 1 aromatic rings. The SMILES string of the molecule is Cl.Cl.NCc1cnc2n1CCCC2. The van der Waals surface area contributed by atoms with Crippen LogP contribution >= 0.6 is 24.8 Å². The zero-order chi connectivity index (χ0) is 7.68. The van der Waals surface area contributed by atoms with Crippen molar-refractivity contribution in [2.24, 2.45) is 5.73 Å². The molecule has 5 heteroatoms. The van der Waals surface area contributed by atoms with E-state index >= 15 is 0 Å². The molecule has 2 heterocycles. The highest BCUT2D eigenvalue weighted by Crippen LogP contribution is 2.15. The predicted octanol–water partition coefficient (Wildman–Crippen LogP) is 1.52. The van der Waals surface area contributed by atoms with Gasteiger partial charge in [0.25, 0.3) is 0 Å². The fraction of sp³-hybridized carbons (Fsp3) is 0.625. The van der Waals surface area contributed by atoms with Crippen LogP contribution in [-0.2, 0) is 19.5 Å². The molecule has 0 bridgehead atoms. The Kier molecular flexibility index (Phi) is 5.37. The zero-order valence-electron chi connectivity index (χ0n) is 7.40. The van der Waals surface area contributed by atoms with Crippen molar-refractivity contribution in [2.75, 3.05) is 0 Å². The standard InChI is InChI=1S/C8H13N3.2ClH/c9-5-7-6-10-8-3-1-2-4-11(7)8;;/h6H,1-5,9H2;2*1H. The third-order valence-electron chi connectivity index (χ3n) is 2.26. The Morgan fingerprint density at radius 1 is 1.38 bits per heavy atom. The number of imidazole rings is 1. The summed E-state index contributed by atoms with van der Waals surface area (Å²) >= 11 is 0. The summed E-state index contributed by atoms with van der Waals surface area (Å²) in [7, 11) is 0. The van der Waals surface area contributed by atoms with Crippen LogP contribution in [0.4, 0.5) is 0 Å². The molecule has 0 radical (unpaired) electrons. The van der Waals surface area contributed by atoms with Crippen LogP contribution in [0, 0.1) is 0 Å². The molecule has 2 N–H and O–H groups in total. The summed E-state index contributed by atoms with van der Waals surface area (Å²) in [6, 6.07) is 0. The van der Waals surface area contributed by atoms with E-state index in [0.29, 0.717) is 6.54 Å². The third-order valence-corrected chi connectivity index (χ3v) is 2.26. The Hall–Kier alpha value is -0.250. The number of nitrogens with zero attached hydrogens (tertiary/aromatic N) is 2. The number of hydrogen-bond acceptors (Lipinski definition) is 2. The molecule has 0 saturated heterocycles.